The van der Waals surface area contributed by atoms with Crippen LogP contribution in [-0.4, -0.2) is 63.0 Å². The normalized spacial score (nSPS) is 19.1. The molecule has 204 valence electrons. The third-order valence-electron chi connectivity index (χ3n) is 5.63. The van der Waals surface area contributed by atoms with Crippen molar-refractivity contribution >= 4 is 29.8 Å². The number of aliphatic imine (C=N–C) groups is 1. The number of furan rings is 1. The number of nitrogens with two attached hydrogens (primary N) is 1. The molecule has 1 aromatic carbocycles. The second-order valence-electron chi connectivity index (χ2n) is 8.26. The summed E-state index contributed by atoms with van der Waals surface area (Å²) in [7, 11) is 4.37. The highest BCUT2D eigenvalue weighted by molar-refractivity contribution is 6.07. The summed E-state index contributed by atoms with van der Waals surface area (Å²) < 4.78 is 37.8. The number of amidine groups is 1. The van der Waals surface area contributed by atoms with Crippen LogP contribution < -0.4 is 21.1 Å². The van der Waals surface area contributed by atoms with E-state index < -0.39 is 29.1 Å². The Morgan fingerprint density at radius 1 is 1.26 bits per heavy atom. The third kappa shape index (κ3) is 5.98. The smallest absolute Gasteiger partial charge is 0.322 e. The molecule has 4 N–H and O–H groups in total. The van der Waals surface area contributed by atoms with Gasteiger partial charge in [0.2, 0.25) is 0 Å². The van der Waals surface area contributed by atoms with E-state index >= 15 is 0 Å². The molecule has 14 heteroatoms. The second kappa shape index (κ2) is 11.8. The lowest BCUT2D eigenvalue weighted by atomic mass is 10.00. The zero-order valence-electron chi connectivity index (χ0n) is 21.1. The Morgan fingerprint density at radius 2 is 2.00 bits per heavy atom. The number of ether oxygens (including phenoxy) is 1. The van der Waals surface area contributed by atoms with Crippen LogP contribution in [0.1, 0.15) is 34.4 Å². The van der Waals surface area contributed by atoms with Gasteiger partial charge in [-0.15, -0.1) is 0 Å². The number of benzene rings is 1. The number of hydrogen-bond donors (Lipinski definition) is 3. The highest BCUT2D eigenvalue weighted by atomic mass is 19.1. The van der Waals surface area contributed by atoms with E-state index in [-0.39, 0.29) is 47.7 Å². The Bertz CT molecular complexity index is 1290. The zero-order chi connectivity index (χ0) is 28.0. The van der Waals surface area contributed by atoms with Gasteiger partial charge in [0, 0.05) is 19.7 Å². The maximum atomic E-state index is 13.9. The molecule has 0 bridgehead atoms. The Labute approximate surface area is 216 Å². The number of carbonyl (C=O) groups is 3. The Balaban J connectivity index is 0.000000241. The van der Waals surface area contributed by atoms with Gasteiger partial charge in [-0.3, -0.25) is 19.9 Å². The fraction of sp³-hybridized carbons (Fsp3) is 0.333. The van der Waals surface area contributed by atoms with Crippen molar-refractivity contribution in [2.45, 2.75) is 19.0 Å². The molecule has 12 nitrogen and oxygen atoms in total. The molecule has 0 spiro atoms. The topological polar surface area (TPSA) is 158 Å². The van der Waals surface area contributed by atoms with Gasteiger partial charge in [0.25, 0.3) is 11.8 Å². The highest BCUT2D eigenvalue weighted by Crippen LogP contribution is 2.30. The molecule has 2 aromatic rings. The zero-order valence-corrected chi connectivity index (χ0v) is 21.1. The summed E-state index contributed by atoms with van der Waals surface area (Å²) in [6.07, 6.45) is 1.03. The van der Waals surface area contributed by atoms with E-state index in [0.717, 1.165) is 11.6 Å². The highest BCUT2D eigenvalue weighted by Gasteiger charge is 2.46. The van der Waals surface area contributed by atoms with Crippen molar-refractivity contribution in [2.24, 2.45) is 10.7 Å². The lowest BCUT2D eigenvalue weighted by Gasteiger charge is -2.16. The summed E-state index contributed by atoms with van der Waals surface area (Å²) in [6, 6.07) is 5.54. The van der Waals surface area contributed by atoms with E-state index in [4.69, 9.17) is 14.9 Å². The van der Waals surface area contributed by atoms with Gasteiger partial charge >= 0.3 is 6.03 Å². The van der Waals surface area contributed by atoms with Gasteiger partial charge in [-0.1, -0.05) is 6.07 Å². The molecule has 0 saturated carbocycles. The number of fused-ring (bicyclic) bond motifs is 1. The molecule has 0 radical (unpaired) electrons. The molecule has 1 fully saturated rings. The van der Waals surface area contributed by atoms with E-state index in [9.17, 15) is 23.2 Å². The summed E-state index contributed by atoms with van der Waals surface area (Å²) in [5.41, 5.74) is 5.00. The maximum Gasteiger partial charge on any atom is 0.322 e. The minimum absolute atomic E-state index is 0.115. The molecule has 38 heavy (non-hydrogen) atoms. The minimum atomic E-state index is -1.35. The average Bonchev–Trinajstić information content (AvgIpc) is 3.54. The van der Waals surface area contributed by atoms with Crippen LogP contribution >= 0.6 is 0 Å². The Morgan fingerprint density at radius 3 is 2.63 bits per heavy atom. The van der Waals surface area contributed by atoms with Crippen LogP contribution in [0.2, 0.25) is 0 Å². The predicted molar refractivity (Wildman–Crippen MR) is 130 cm³/mol. The number of halogens is 2. The minimum Gasteiger partial charge on any atom is -0.494 e. The van der Waals surface area contributed by atoms with E-state index in [1.54, 1.807) is 19.2 Å². The van der Waals surface area contributed by atoms with Crippen LogP contribution in [0.3, 0.4) is 0 Å². The lowest BCUT2D eigenvalue weighted by Crippen LogP contribution is -2.40. The monoisotopic (exact) mass is 535 g/mol. The first-order valence-electron chi connectivity index (χ1n) is 11.2. The molecule has 1 aromatic heterocycles. The third-order valence-corrected chi connectivity index (χ3v) is 5.63. The molecule has 3 heterocycles. The van der Waals surface area contributed by atoms with Crippen molar-refractivity contribution < 1.29 is 42.1 Å². The molecule has 2 aliphatic rings. The Hall–Kier alpha value is -4.30. The van der Waals surface area contributed by atoms with Crippen molar-refractivity contribution in [3.05, 3.63) is 58.6 Å². The summed E-state index contributed by atoms with van der Waals surface area (Å²) in [6.45, 7) is 2.19. The number of methoxy groups -OCH3 is 1. The van der Waals surface area contributed by atoms with Gasteiger partial charge in [0.15, 0.2) is 28.8 Å². The van der Waals surface area contributed by atoms with Crippen LogP contribution in [0.15, 0.2) is 39.5 Å². The standard InChI is InChI=1S/C14H17FN4O5.C10H10FNO2/c1-14(12(20)18-13(21)19-14)10-4-3-8(24-10)7-9(15)11(16)17-5-6-23-22-2;1-12-5-6-3-4-7(14-2)9(11)8(6)10(12)13/h3-4,7H,5-6H2,1-2H3,(H2,16,17)(H2,18,19,20,21);3-4H,5H2,1-2H3/b9-7+;. The number of urea groups is 1. The summed E-state index contributed by atoms with van der Waals surface area (Å²) in [5, 5.41) is 4.55. The number of imide groups is 1. The molecule has 2 aliphatic heterocycles. The van der Waals surface area contributed by atoms with Gasteiger partial charge in [-0.05, 0) is 30.7 Å². The summed E-state index contributed by atoms with van der Waals surface area (Å²) >= 11 is 0. The number of hydrogen-bond acceptors (Lipinski definition) is 8. The molecule has 1 unspecified atom stereocenters. The number of rotatable bonds is 8. The van der Waals surface area contributed by atoms with Crippen molar-refractivity contribution in [2.75, 3.05) is 34.4 Å². The second-order valence-corrected chi connectivity index (χ2v) is 8.26. The number of nitrogens with zero attached hydrogens (tertiary/aromatic N) is 2. The fourth-order valence-electron chi connectivity index (χ4n) is 3.61. The van der Waals surface area contributed by atoms with E-state index in [1.165, 1.54) is 38.2 Å². The molecule has 1 atom stereocenters. The van der Waals surface area contributed by atoms with Crippen molar-refractivity contribution in [1.29, 1.82) is 0 Å². The van der Waals surface area contributed by atoms with Crippen molar-refractivity contribution in [3.63, 3.8) is 0 Å². The van der Waals surface area contributed by atoms with E-state index in [0.29, 0.717) is 6.54 Å². The number of amides is 4. The van der Waals surface area contributed by atoms with Gasteiger partial charge in [0.1, 0.15) is 18.1 Å². The largest absolute Gasteiger partial charge is 0.494 e. The molecule has 4 rings (SSSR count). The van der Waals surface area contributed by atoms with Crippen LogP contribution in [0.4, 0.5) is 13.6 Å². The van der Waals surface area contributed by atoms with Gasteiger partial charge in [-0.25, -0.2) is 23.4 Å². The maximum absolute atomic E-state index is 13.9. The van der Waals surface area contributed by atoms with Gasteiger partial charge in [0.05, 0.1) is 26.3 Å². The SMILES string of the molecule is COOCCN=C(N)/C(F)=C\c1ccc(C2(C)NC(=O)NC2=O)o1.COc1ccc2c(c1F)C(=O)N(C)C2. The predicted octanol–water partition coefficient (Wildman–Crippen LogP) is 2.00. The molecular formula is C24H27F2N5O7. The van der Waals surface area contributed by atoms with Crippen molar-refractivity contribution in [1.82, 2.24) is 15.5 Å². The van der Waals surface area contributed by atoms with Crippen LogP contribution in [-0.2, 0) is 26.7 Å². The number of nitrogens with one attached hydrogen (secondary N) is 2. The Kier molecular flexibility index (Phi) is 8.80. The first-order chi connectivity index (χ1) is 18.0. The van der Waals surface area contributed by atoms with Crippen LogP contribution in [0, 0.1) is 5.82 Å². The molecular weight excluding hydrogens is 508 g/mol. The average molecular weight is 536 g/mol. The van der Waals surface area contributed by atoms with Crippen LogP contribution in [0.25, 0.3) is 6.08 Å². The van der Waals surface area contributed by atoms with Crippen LogP contribution in [0.5, 0.6) is 5.75 Å². The summed E-state index contributed by atoms with van der Waals surface area (Å²) in [5.74, 6) is -2.14. The lowest BCUT2D eigenvalue weighted by molar-refractivity contribution is -0.269. The first kappa shape index (κ1) is 28.3. The first-order valence-corrected chi connectivity index (χ1v) is 11.2. The van der Waals surface area contributed by atoms with E-state index in [2.05, 4.69) is 25.4 Å². The van der Waals surface area contributed by atoms with Crippen molar-refractivity contribution in [3.8, 4) is 5.75 Å². The molecule has 1 saturated heterocycles. The molecule has 4 amide bonds. The van der Waals surface area contributed by atoms with Gasteiger partial charge < -0.3 is 25.1 Å². The van der Waals surface area contributed by atoms with E-state index in [1.807, 2.05) is 0 Å². The number of carbonyl (C=O) groups excluding carboxylic acids is 3. The quantitative estimate of drug-likeness (QED) is 0.116. The molecule has 0 aliphatic carbocycles. The fourth-order valence-corrected chi connectivity index (χ4v) is 3.61. The summed E-state index contributed by atoms with van der Waals surface area (Å²) in [4.78, 5) is 48.8. The van der Waals surface area contributed by atoms with Gasteiger partial charge in [-0.2, -0.15) is 0 Å².